The van der Waals surface area contributed by atoms with E-state index in [-0.39, 0.29) is 6.04 Å². The van der Waals surface area contributed by atoms with Crippen LogP contribution in [0.15, 0.2) is 18.2 Å². The molecule has 0 amide bonds. The normalized spacial score (nSPS) is 12.5. The highest BCUT2D eigenvalue weighted by atomic mass is 16.5. The van der Waals surface area contributed by atoms with Gasteiger partial charge in [0, 0.05) is 18.7 Å². The Kier molecular flexibility index (Phi) is 4.59. The van der Waals surface area contributed by atoms with Crippen molar-refractivity contribution in [3.05, 3.63) is 29.3 Å². The Labute approximate surface area is 91.2 Å². The zero-order valence-electron chi connectivity index (χ0n) is 9.62. The van der Waals surface area contributed by atoms with Crippen molar-refractivity contribution >= 4 is 0 Å². The van der Waals surface area contributed by atoms with Crippen LogP contribution in [0.2, 0.25) is 0 Å². The van der Waals surface area contributed by atoms with E-state index in [0.29, 0.717) is 13.2 Å². The lowest BCUT2D eigenvalue weighted by molar-refractivity contribution is 0.145. The SMILES string of the molecule is COCCOc1c(C)cccc1C(C)N. The Morgan fingerprint density at radius 1 is 1.33 bits per heavy atom. The molecule has 0 saturated heterocycles. The van der Waals surface area contributed by atoms with Crippen molar-refractivity contribution in [2.45, 2.75) is 19.9 Å². The van der Waals surface area contributed by atoms with Crippen molar-refractivity contribution in [2.75, 3.05) is 20.3 Å². The molecule has 3 nitrogen and oxygen atoms in total. The van der Waals surface area contributed by atoms with Gasteiger partial charge in [-0.1, -0.05) is 18.2 Å². The van der Waals surface area contributed by atoms with Crippen LogP contribution in [-0.4, -0.2) is 20.3 Å². The fourth-order valence-electron chi connectivity index (χ4n) is 1.46. The Balaban J connectivity index is 2.82. The summed E-state index contributed by atoms with van der Waals surface area (Å²) >= 11 is 0. The molecule has 1 atom stereocenters. The van der Waals surface area contributed by atoms with Crippen LogP contribution in [0.4, 0.5) is 0 Å². The summed E-state index contributed by atoms with van der Waals surface area (Å²) in [5.74, 6) is 0.893. The van der Waals surface area contributed by atoms with Gasteiger partial charge in [-0.3, -0.25) is 0 Å². The van der Waals surface area contributed by atoms with E-state index in [4.69, 9.17) is 15.2 Å². The number of hydrogen-bond donors (Lipinski definition) is 1. The van der Waals surface area contributed by atoms with Crippen molar-refractivity contribution < 1.29 is 9.47 Å². The number of ether oxygens (including phenoxy) is 2. The van der Waals surface area contributed by atoms with Crippen LogP contribution in [0.5, 0.6) is 5.75 Å². The van der Waals surface area contributed by atoms with Crippen LogP contribution in [0.3, 0.4) is 0 Å². The number of methoxy groups -OCH3 is 1. The van der Waals surface area contributed by atoms with Gasteiger partial charge in [-0.15, -0.1) is 0 Å². The van der Waals surface area contributed by atoms with Gasteiger partial charge >= 0.3 is 0 Å². The van der Waals surface area contributed by atoms with Crippen molar-refractivity contribution in [1.82, 2.24) is 0 Å². The summed E-state index contributed by atoms with van der Waals surface area (Å²) in [6, 6.07) is 6.01. The molecular weight excluding hydrogens is 190 g/mol. The van der Waals surface area contributed by atoms with E-state index in [1.54, 1.807) is 7.11 Å². The van der Waals surface area contributed by atoms with E-state index in [9.17, 15) is 0 Å². The first-order chi connectivity index (χ1) is 7.16. The standard InChI is InChI=1S/C12H19NO2/c1-9-5-4-6-11(10(2)13)12(9)15-8-7-14-3/h4-6,10H,7-8,13H2,1-3H3. The minimum absolute atomic E-state index is 0.0116. The molecule has 1 unspecified atom stereocenters. The Hall–Kier alpha value is -1.06. The maximum atomic E-state index is 5.88. The molecule has 1 rings (SSSR count). The van der Waals surface area contributed by atoms with Crippen LogP contribution >= 0.6 is 0 Å². The predicted octanol–water partition coefficient (Wildman–Crippen LogP) is 2.04. The second kappa shape index (κ2) is 5.73. The summed E-state index contributed by atoms with van der Waals surface area (Å²) in [7, 11) is 1.66. The van der Waals surface area contributed by atoms with Gasteiger partial charge < -0.3 is 15.2 Å². The zero-order chi connectivity index (χ0) is 11.3. The van der Waals surface area contributed by atoms with E-state index in [1.807, 2.05) is 32.0 Å². The number of hydrogen-bond acceptors (Lipinski definition) is 3. The second-order valence-corrected chi connectivity index (χ2v) is 3.62. The first-order valence-electron chi connectivity index (χ1n) is 5.13. The highest BCUT2D eigenvalue weighted by molar-refractivity contribution is 5.42. The topological polar surface area (TPSA) is 44.5 Å². The molecule has 0 spiro atoms. The third-order valence-corrected chi connectivity index (χ3v) is 2.27. The van der Waals surface area contributed by atoms with Gasteiger partial charge in [0.25, 0.3) is 0 Å². The molecule has 0 heterocycles. The maximum Gasteiger partial charge on any atom is 0.127 e. The lowest BCUT2D eigenvalue weighted by atomic mass is 10.0. The Morgan fingerprint density at radius 2 is 2.07 bits per heavy atom. The molecule has 0 aromatic heterocycles. The maximum absolute atomic E-state index is 5.88. The van der Waals surface area contributed by atoms with Crippen LogP contribution in [-0.2, 0) is 4.74 Å². The van der Waals surface area contributed by atoms with Crippen molar-refractivity contribution in [2.24, 2.45) is 5.73 Å². The highest BCUT2D eigenvalue weighted by Gasteiger charge is 2.09. The smallest absolute Gasteiger partial charge is 0.127 e. The fraction of sp³-hybridized carbons (Fsp3) is 0.500. The first kappa shape index (κ1) is 12.0. The summed E-state index contributed by atoms with van der Waals surface area (Å²) in [6.45, 7) is 5.12. The second-order valence-electron chi connectivity index (χ2n) is 3.62. The van der Waals surface area contributed by atoms with Crippen molar-refractivity contribution in [3.8, 4) is 5.75 Å². The van der Waals surface area contributed by atoms with Crippen LogP contribution in [0.1, 0.15) is 24.1 Å². The summed E-state index contributed by atoms with van der Waals surface area (Å²) in [5.41, 5.74) is 8.04. The van der Waals surface area contributed by atoms with Gasteiger partial charge in [0.2, 0.25) is 0 Å². The summed E-state index contributed by atoms with van der Waals surface area (Å²) in [5, 5.41) is 0. The molecule has 1 aromatic carbocycles. The average Bonchev–Trinajstić information content (AvgIpc) is 2.20. The number of nitrogens with two attached hydrogens (primary N) is 1. The van der Waals surface area contributed by atoms with E-state index in [1.165, 1.54) is 0 Å². The highest BCUT2D eigenvalue weighted by Crippen LogP contribution is 2.27. The average molecular weight is 209 g/mol. The molecule has 0 aliphatic rings. The zero-order valence-corrected chi connectivity index (χ0v) is 9.62. The summed E-state index contributed by atoms with van der Waals surface area (Å²) in [4.78, 5) is 0. The molecule has 15 heavy (non-hydrogen) atoms. The lowest BCUT2D eigenvalue weighted by Gasteiger charge is -2.16. The number of para-hydroxylation sites is 1. The first-order valence-corrected chi connectivity index (χ1v) is 5.13. The quantitative estimate of drug-likeness (QED) is 0.755. The molecule has 0 saturated carbocycles. The summed E-state index contributed by atoms with van der Waals surface area (Å²) in [6.07, 6.45) is 0. The number of aryl methyl sites for hydroxylation is 1. The lowest BCUT2D eigenvalue weighted by Crippen LogP contribution is -2.11. The van der Waals surface area contributed by atoms with Gasteiger partial charge in [0.05, 0.1) is 6.61 Å². The summed E-state index contributed by atoms with van der Waals surface area (Å²) < 4.78 is 10.6. The predicted molar refractivity (Wildman–Crippen MR) is 61.2 cm³/mol. The molecule has 0 aliphatic carbocycles. The molecule has 0 aliphatic heterocycles. The molecule has 0 radical (unpaired) electrons. The molecule has 0 bridgehead atoms. The van der Waals surface area contributed by atoms with Gasteiger partial charge in [0.15, 0.2) is 0 Å². The van der Waals surface area contributed by atoms with Gasteiger partial charge in [-0.25, -0.2) is 0 Å². The monoisotopic (exact) mass is 209 g/mol. The van der Waals surface area contributed by atoms with Gasteiger partial charge in [-0.05, 0) is 19.4 Å². The van der Waals surface area contributed by atoms with Gasteiger partial charge in [0.1, 0.15) is 12.4 Å². The van der Waals surface area contributed by atoms with Gasteiger partial charge in [-0.2, -0.15) is 0 Å². The fourth-order valence-corrected chi connectivity index (χ4v) is 1.46. The van der Waals surface area contributed by atoms with Crippen LogP contribution in [0, 0.1) is 6.92 Å². The van der Waals surface area contributed by atoms with E-state index in [0.717, 1.165) is 16.9 Å². The van der Waals surface area contributed by atoms with E-state index >= 15 is 0 Å². The molecule has 1 aromatic rings. The van der Waals surface area contributed by atoms with E-state index in [2.05, 4.69) is 0 Å². The third-order valence-electron chi connectivity index (χ3n) is 2.27. The number of rotatable bonds is 5. The Bertz CT molecular complexity index is 310. The third kappa shape index (κ3) is 3.22. The van der Waals surface area contributed by atoms with Crippen LogP contribution < -0.4 is 10.5 Å². The molecule has 84 valence electrons. The van der Waals surface area contributed by atoms with E-state index < -0.39 is 0 Å². The molecule has 2 N–H and O–H groups in total. The number of benzene rings is 1. The van der Waals surface area contributed by atoms with Crippen LogP contribution in [0.25, 0.3) is 0 Å². The van der Waals surface area contributed by atoms with Crippen molar-refractivity contribution in [1.29, 1.82) is 0 Å². The molecular formula is C12H19NO2. The molecule has 0 fully saturated rings. The minimum Gasteiger partial charge on any atom is -0.491 e. The largest absolute Gasteiger partial charge is 0.491 e. The molecule has 3 heteroatoms. The van der Waals surface area contributed by atoms with Crippen molar-refractivity contribution in [3.63, 3.8) is 0 Å². The Morgan fingerprint density at radius 3 is 2.67 bits per heavy atom. The minimum atomic E-state index is -0.0116.